The molecule has 0 fully saturated rings. The molecule has 0 saturated carbocycles. The van der Waals surface area contributed by atoms with Gasteiger partial charge in [0.15, 0.2) is 0 Å². The Hall–Kier alpha value is -0.420. The van der Waals surface area contributed by atoms with Gasteiger partial charge in [0.05, 0.1) is 18.3 Å². The van der Waals surface area contributed by atoms with E-state index in [1.54, 1.807) is 11.3 Å². The Morgan fingerprint density at radius 2 is 2.18 bits per heavy atom. The van der Waals surface area contributed by atoms with Gasteiger partial charge in [0.2, 0.25) is 0 Å². The number of aliphatic hydroxyl groups excluding tert-OH is 1. The zero-order chi connectivity index (χ0) is 12.9. The molecule has 0 aromatic carbocycles. The summed E-state index contributed by atoms with van der Waals surface area (Å²) in [6, 6.07) is 2.11. The lowest BCUT2D eigenvalue weighted by Crippen LogP contribution is -2.33. The molecule has 4 heteroatoms. The Labute approximate surface area is 108 Å². The molecule has 0 amide bonds. The van der Waals surface area contributed by atoms with Crippen molar-refractivity contribution in [3.8, 4) is 0 Å². The van der Waals surface area contributed by atoms with Gasteiger partial charge < -0.3 is 15.2 Å². The highest BCUT2D eigenvalue weighted by Crippen LogP contribution is 2.14. The smallest absolute Gasteiger partial charge is 0.0898 e. The molecule has 0 aliphatic carbocycles. The molecular formula is C13H23NO2S. The van der Waals surface area contributed by atoms with Gasteiger partial charge in [-0.1, -0.05) is 0 Å². The lowest BCUT2D eigenvalue weighted by atomic mass is 10.2. The van der Waals surface area contributed by atoms with Crippen molar-refractivity contribution in [3.05, 3.63) is 21.9 Å². The number of nitrogens with one attached hydrogen (secondary N) is 1. The summed E-state index contributed by atoms with van der Waals surface area (Å²) in [7, 11) is 0. The van der Waals surface area contributed by atoms with E-state index in [1.807, 2.05) is 20.8 Å². The Morgan fingerprint density at radius 1 is 1.47 bits per heavy atom. The second kappa shape index (κ2) is 6.50. The van der Waals surface area contributed by atoms with Gasteiger partial charge in [-0.15, -0.1) is 11.3 Å². The molecule has 0 bridgehead atoms. The highest BCUT2D eigenvalue weighted by atomic mass is 32.1. The Kier molecular flexibility index (Phi) is 5.59. The summed E-state index contributed by atoms with van der Waals surface area (Å²) >= 11 is 1.74. The van der Waals surface area contributed by atoms with E-state index in [-0.39, 0.29) is 5.60 Å². The number of thiophene rings is 1. The lowest BCUT2D eigenvalue weighted by Gasteiger charge is -2.22. The molecule has 3 nitrogen and oxygen atoms in total. The van der Waals surface area contributed by atoms with Crippen LogP contribution in [0.4, 0.5) is 0 Å². The minimum atomic E-state index is -0.450. The summed E-state index contributed by atoms with van der Waals surface area (Å²) in [5.74, 6) is 0. The number of aryl methyl sites for hydroxylation is 1. The van der Waals surface area contributed by atoms with E-state index in [1.165, 1.54) is 10.4 Å². The van der Waals surface area contributed by atoms with Crippen LogP contribution >= 0.6 is 11.3 Å². The number of ether oxygens (including phenoxy) is 1. The van der Waals surface area contributed by atoms with E-state index in [0.717, 1.165) is 6.54 Å². The predicted octanol–water partition coefficient (Wildman–Crippen LogP) is 2.32. The minimum absolute atomic E-state index is 0.189. The van der Waals surface area contributed by atoms with Crippen molar-refractivity contribution in [2.24, 2.45) is 0 Å². The van der Waals surface area contributed by atoms with Crippen molar-refractivity contribution < 1.29 is 9.84 Å². The SMILES string of the molecule is Cc1ccsc1CNCC(O)COC(C)(C)C. The predicted molar refractivity (Wildman–Crippen MR) is 72.5 cm³/mol. The van der Waals surface area contributed by atoms with Gasteiger partial charge in [-0.3, -0.25) is 0 Å². The maximum atomic E-state index is 9.73. The number of hydrogen-bond acceptors (Lipinski definition) is 4. The number of aliphatic hydroxyl groups is 1. The number of hydrogen-bond donors (Lipinski definition) is 2. The maximum absolute atomic E-state index is 9.73. The molecule has 2 N–H and O–H groups in total. The fourth-order valence-electron chi connectivity index (χ4n) is 1.34. The van der Waals surface area contributed by atoms with Gasteiger partial charge in [0, 0.05) is 18.0 Å². The summed E-state index contributed by atoms with van der Waals surface area (Å²) in [5.41, 5.74) is 1.12. The van der Waals surface area contributed by atoms with E-state index in [4.69, 9.17) is 4.74 Å². The van der Waals surface area contributed by atoms with Crippen molar-refractivity contribution >= 4 is 11.3 Å². The average Bonchev–Trinajstić information content (AvgIpc) is 2.61. The van der Waals surface area contributed by atoms with Crippen LogP contribution in [0.5, 0.6) is 0 Å². The van der Waals surface area contributed by atoms with Gasteiger partial charge >= 0.3 is 0 Å². The van der Waals surface area contributed by atoms with Gasteiger partial charge in [-0.2, -0.15) is 0 Å². The third-order valence-electron chi connectivity index (χ3n) is 2.34. The van der Waals surface area contributed by atoms with Crippen LogP contribution in [0.15, 0.2) is 11.4 Å². The minimum Gasteiger partial charge on any atom is -0.389 e. The summed E-state index contributed by atoms with van der Waals surface area (Å²) < 4.78 is 5.52. The fraction of sp³-hybridized carbons (Fsp3) is 0.692. The topological polar surface area (TPSA) is 41.5 Å². The van der Waals surface area contributed by atoms with Gasteiger partial charge in [0.25, 0.3) is 0 Å². The maximum Gasteiger partial charge on any atom is 0.0898 e. The van der Waals surface area contributed by atoms with Crippen LogP contribution in [0.3, 0.4) is 0 Å². The van der Waals surface area contributed by atoms with Crippen LogP contribution in [-0.4, -0.2) is 30.0 Å². The molecule has 17 heavy (non-hydrogen) atoms. The van der Waals surface area contributed by atoms with Crippen LogP contribution < -0.4 is 5.32 Å². The van der Waals surface area contributed by atoms with Crippen molar-refractivity contribution in [1.29, 1.82) is 0 Å². The van der Waals surface area contributed by atoms with Gasteiger partial charge in [-0.05, 0) is 44.7 Å². The standard InChI is InChI=1S/C13H23NO2S/c1-10-5-6-17-12(10)8-14-7-11(15)9-16-13(2,3)4/h5-6,11,14-15H,7-9H2,1-4H3. The molecule has 98 valence electrons. The second-order valence-electron chi connectivity index (χ2n) is 5.23. The largest absolute Gasteiger partial charge is 0.389 e. The molecule has 0 radical (unpaired) electrons. The van der Waals surface area contributed by atoms with Gasteiger partial charge in [0.1, 0.15) is 0 Å². The third-order valence-corrected chi connectivity index (χ3v) is 3.37. The quantitative estimate of drug-likeness (QED) is 0.822. The van der Waals surface area contributed by atoms with E-state index in [0.29, 0.717) is 13.2 Å². The second-order valence-corrected chi connectivity index (χ2v) is 6.24. The van der Waals surface area contributed by atoms with Crippen molar-refractivity contribution in [2.45, 2.75) is 45.9 Å². The van der Waals surface area contributed by atoms with Crippen LogP contribution in [-0.2, 0) is 11.3 Å². The molecule has 1 aromatic heterocycles. The van der Waals surface area contributed by atoms with E-state index < -0.39 is 6.10 Å². The molecule has 0 aliphatic rings. The molecule has 1 atom stereocenters. The van der Waals surface area contributed by atoms with Crippen LogP contribution in [0.1, 0.15) is 31.2 Å². The van der Waals surface area contributed by atoms with Crippen LogP contribution in [0.25, 0.3) is 0 Å². The Morgan fingerprint density at radius 3 is 2.71 bits per heavy atom. The first-order chi connectivity index (χ1) is 7.88. The zero-order valence-corrected chi connectivity index (χ0v) is 11.9. The van der Waals surface area contributed by atoms with Gasteiger partial charge in [-0.25, -0.2) is 0 Å². The molecule has 1 rings (SSSR count). The highest BCUT2D eigenvalue weighted by molar-refractivity contribution is 7.10. The lowest BCUT2D eigenvalue weighted by molar-refractivity contribution is -0.0479. The zero-order valence-electron chi connectivity index (χ0n) is 11.1. The molecule has 0 saturated heterocycles. The first-order valence-electron chi connectivity index (χ1n) is 5.94. The molecule has 0 aliphatic heterocycles. The fourth-order valence-corrected chi connectivity index (χ4v) is 2.22. The number of rotatable bonds is 6. The normalized spacial score (nSPS) is 13.9. The summed E-state index contributed by atoms with van der Waals surface area (Å²) in [6.45, 7) is 9.82. The van der Waals surface area contributed by atoms with Crippen LogP contribution in [0, 0.1) is 6.92 Å². The van der Waals surface area contributed by atoms with Crippen molar-refractivity contribution in [1.82, 2.24) is 5.32 Å². The van der Waals surface area contributed by atoms with Crippen LogP contribution in [0.2, 0.25) is 0 Å². The molecule has 1 unspecified atom stereocenters. The monoisotopic (exact) mass is 257 g/mol. The summed E-state index contributed by atoms with van der Waals surface area (Å²) in [5, 5.41) is 15.1. The molecule has 1 heterocycles. The van der Waals surface area contributed by atoms with E-state index in [2.05, 4.69) is 23.7 Å². The first-order valence-corrected chi connectivity index (χ1v) is 6.82. The molecule has 1 aromatic rings. The third kappa shape index (κ3) is 6.17. The Bertz CT molecular complexity index is 330. The van der Waals surface area contributed by atoms with Crippen molar-refractivity contribution in [3.63, 3.8) is 0 Å². The average molecular weight is 257 g/mol. The highest BCUT2D eigenvalue weighted by Gasteiger charge is 2.13. The van der Waals surface area contributed by atoms with E-state index in [9.17, 15) is 5.11 Å². The van der Waals surface area contributed by atoms with Crippen molar-refractivity contribution in [2.75, 3.05) is 13.2 Å². The summed E-state index contributed by atoms with van der Waals surface area (Å²) in [4.78, 5) is 1.33. The Balaban J connectivity index is 2.16. The molecular weight excluding hydrogens is 234 g/mol. The summed E-state index contributed by atoms with van der Waals surface area (Å²) in [6.07, 6.45) is -0.450. The molecule has 0 spiro atoms. The first kappa shape index (κ1) is 14.6. The van der Waals surface area contributed by atoms with E-state index >= 15 is 0 Å².